The minimum absolute atomic E-state index is 0.0608. The molecule has 0 amide bonds. The third-order valence-electron chi connectivity index (χ3n) is 2.76. The maximum absolute atomic E-state index is 12.4. The van der Waals surface area contributed by atoms with E-state index >= 15 is 0 Å². The van der Waals surface area contributed by atoms with Crippen molar-refractivity contribution in [1.82, 2.24) is 19.9 Å². The van der Waals surface area contributed by atoms with Crippen molar-refractivity contribution in [3.8, 4) is 0 Å². The molecule has 4 N–H and O–H groups in total. The van der Waals surface area contributed by atoms with Crippen LogP contribution in [0.1, 0.15) is 35.1 Å². The van der Waals surface area contributed by atoms with E-state index in [-0.39, 0.29) is 11.4 Å². The first-order valence-electron chi connectivity index (χ1n) is 6.03. The highest BCUT2D eigenvalue weighted by Crippen LogP contribution is 2.22. The van der Waals surface area contributed by atoms with E-state index in [1.54, 1.807) is 13.8 Å². The molecule has 0 bridgehead atoms. The van der Waals surface area contributed by atoms with Gasteiger partial charge in [-0.05, 0) is 20.8 Å². The molecule has 2 rings (SSSR count). The third-order valence-corrected chi connectivity index (χ3v) is 5.65. The minimum atomic E-state index is -3.69. The summed E-state index contributed by atoms with van der Waals surface area (Å²) < 4.78 is 27.5. The Morgan fingerprint density at radius 3 is 2.75 bits per heavy atom. The Kier molecular flexibility index (Phi) is 4.23. The van der Waals surface area contributed by atoms with Crippen LogP contribution in [0, 0.1) is 13.8 Å². The van der Waals surface area contributed by atoms with Gasteiger partial charge in [0.1, 0.15) is 9.90 Å². The van der Waals surface area contributed by atoms with Crippen molar-refractivity contribution >= 4 is 21.4 Å². The summed E-state index contributed by atoms with van der Waals surface area (Å²) in [6.45, 7) is 5.34. The van der Waals surface area contributed by atoms with Crippen LogP contribution >= 0.6 is 11.3 Å². The van der Waals surface area contributed by atoms with Gasteiger partial charge in [0.05, 0.1) is 17.4 Å². The molecule has 2 aromatic rings. The molecule has 0 radical (unpaired) electrons. The second-order valence-electron chi connectivity index (χ2n) is 4.50. The monoisotopic (exact) mass is 315 g/mol. The van der Waals surface area contributed by atoms with Crippen LogP contribution in [-0.2, 0) is 16.6 Å². The second kappa shape index (κ2) is 5.60. The normalized spacial score (nSPS) is 13.6. The lowest BCUT2D eigenvalue weighted by Crippen LogP contribution is -2.28. The van der Waals surface area contributed by atoms with E-state index in [1.807, 2.05) is 12.3 Å². The smallest absolute Gasteiger partial charge is 0.244 e. The van der Waals surface area contributed by atoms with Crippen molar-refractivity contribution in [3.05, 3.63) is 27.5 Å². The molecule has 20 heavy (non-hydrogen) atoms. The summed E-state index contributed by atoms with van der Waals surface area (Å²) in [7, 11) is -3.69. The van der Waals surface area contributed by atoms with Crippen molar-refractivity contribution in [1.29, 1.82) is 0 Å². The summed E-state index contributed by atoms with van der Waals surface area (Å²) in [4.78, 5) is 4.41. The zero-order valence-corrected chi connectivity index (χ0v) is 13.1. The highest BCUT2D eigenvalue weighted by atomic mass is 32.2. The Labute approximate surface area is 121 Å². The number of sulfonamides is 1. The molecule has 0 saturated heterocycles. The number of hydrogen-bond acceptors (Lipinski definition) is 6. The first-order valence-corrected chi connectivity index (χ1v) is 8.39. The van der Waals surface area contributed by atoms with E-state index in [4.69, 9.17) is 5.73 Å². The second-order valence-corrected chi connectivity index (χ2v) is 7.04. The first kappa shape index (κ1) is 15.1. The van der Waals surface area contributed by atoms with Crippen LogP contribution in [0.5, 0.6) is 0 Å². The van der Waals surface area contributed by atoms with E-state index in [0.29, 0.717) is 11.4 Å². The van der Waals surface area contributed by atoms with Crippen LogP contribution in [0.15, 0.2) is 10.3 Å². The summed E-state index contributed by atoms with van der Waals surface area (Å²) in [5, 5.41) is 9.16. The van der Waals surface area contributed by atoms with E-state index in [2.05, 4.69) is 19.9 Å². The molecule has 2 aromatic heterocycles. The Bertz CT molecular complexity index is 704. The molecule has 0 aliphatic carbocycles. The van der Waals surface area contributed by atoms with E-state index in [1.165, 1.54) is 11.3 Å². The Morgan fingerprint density at radius 1 is 1.50 bits per heavy atom. The largest absolute Gasteiger partial charge is 0.325 e. The van der Waals surface area contributed by atoms with Gasteiger partial charge in [0.25, 0.3) is 0 Å². The van der Waals surface area contributed by atoms with Crippen molar-refractivity contribution in [3.63, 3.8) is 0 Å². The van der Waals surface area contributed by atoms with Crippen LogP contribution in [0.4, 0.5) is 0 Å². The highest BCUT2D eigenvalue weighted by Gasteiger charge is 2.26. The number of hydrogen-bond donors (Lipinski definition) is 3. The summed E-state index contributed by atoms with van der Waals surface area (Å²) in [5.74, 6) is 0. The molecule has 0 saturated carbocycles. The van der Waals surface area contributed by atoms with Crippen LogP contribution in [0.2, 0.25) is 0 Å². The van der Waals surface area contributed by atoms with Gasteiger partial charge in [0, 0.05) is 17.6 Å². The molecule has 2 heterocycles. The highest BCUT2D eigenvalue weighted by molar-refractivity contribution is 7.89. The summed E-state index contributed by atoms with van der Waals surface area (Å²) >= 11 is 1.42. The predicted octanol–water partition coefficient (Wildman–Crippen LogP) is 0.981. The van der Waals surface area contributed by atoms with Gasteiger partial charge in [-0.15, -0.1) is 11.3 Å². The molecule has 110 valence electrons. The van der Waals surface area contributed by atoms with Crippen molar-refractivity contribution in [2.75, 3.05) is 0 Å². The molecule has 0 aliphatic heterocycles. The van der Waals surface area contributed by atoms with Gasteiger partial charge in [0.2, 0.25) is 10.0 Å². The maximum atomic E-state index is 12.4. The van der Waals surface area contributed by atoms with Crippen LogP contribution in [-0.4, -0.2) is 23.6 Å². The fourth-order valence-corrected chi connectivity index (χ4v) is 4.34. The predicted molar refractivity (Wildman–Crippen MR) is 76.8 cm³/mol. The third kappa shape index (κ3) is 2.90. The molecule has 0 aliphatic rings. The number of nitrogens with zero attached hydrogens (tertiary/aromatic N) is 2. The Balaban J connectivity index is 2.29. The van der Waals surface area contributed by atoms with Crippen molar-refractivity contribution in [2.24, 2.45) is 5.73 Å². The SMILES string of the molecule is Cc1csc(C(C)NS(=O)(=O)c2c(CN)n[nH]c2C)n1. The van der Waals surface area contributed by atoms with Gasteiger partial charge in [0.15, 0.2) is 0 Å². The Morgan fingerprint density at radius 2 is 2.20 bits per heavy atom. The van der Waals surface area contributed by atoms with Gasteiger partial charge < -0.3 is 5.73 Å². The van der Waals surface area contributed by atoms with Gasteiger partial charge in [-0.1, -0.05) is 0 Å². The minimum Gasteiger partial charge on any atom is -0.325 e. The number of aromatic nitrogens is 3. The van der Waals surface area contributed by atoms with Crippen molar-refractivity contribution in [2.45, 2.75) is 38.3 Å². The summed E-state index contributed by atoms with van der Waals surface area (Å²) in [6, 6.07) is -0.404. The lowest BCUT2D eigenvalue weighted by atomic mass is 10.4. The maximum Gasteiger partial charge on any atom is 0.244 e. The van der Waals surface area contributed by atoms with Crippen LogP contribution in [0.25, 0.3) is 0 Å². The van der Waals surface area contributed by atoms with E-state index < -0.39 is 16.1 Å². The van der Waals surface area contributed by atoms with Gasteiger partial charge in [-0.25, -0.2) is 18.1 Å². The number of aryl methyl sites for hydroxylation is 2. The van der Waals surface area contributed by atoms with Crippen LogP contribution < -0.4 is 10.5 Å². The number of nitrogens with two attached hydrogens (primary N) is 1. The molecule has 0 fully saturated rings. The zero-order chi connectivity index (χ0) is 14.9. The lowest BCUT2D eigenvalue weighted by molar-refractivity contribution is 0.564. The number of nitrogens with one attached hydrogen (secondary N) is 2. The number of aromatic amines is 1. The molecular formula is C11H17N5O2S2. The lowest BCUT2D eigenvalue weighted by Gasteiger charge is -2.12. The van der Waals surface area contributed by atoms with E-state index in [9.17, 15) is 8.42 Å². The van der Waals surface area contributed by atoms with Gasteiger partial charge >= 0.3 is 0 Å². The number of rotatable bonds is 5. The van der Waals surface area contributed by atoms with Gasteiger partial charge in [-0.2, -0.15) is 5.10 Å². The average molecular weight is 315 g/mol. The quantitative estimate of drug-likeness (QED) is 0.761. The fraction of sp³-hybridized carbons (Fsp3) is 0.455. The summed E-state index contributed by atoms with van der Waals surface area (Å²) in [6.07, 6.45) is 0. The van der Waals surface area contributed by atoms with Crippen LogP contribution in [0.3, 0.4) is 0 Å². The van der Waals surface area contributed by atoms with Crippen molar-refractivity contribution < 1.29 is 8.42 Å². The standard InChI is InChI=1S/C11H17N5O2S2/c1-6-5-19-11(13-6)8(3)16-20(17,18)10-7(2)14-15-9(10)4-12/h5,8,16H,4,12H2,1-3H3,(H,14,15). The zero-order valence-electron chi connectivity index (χ0n) is 11.5. The average Bonchev–Trinajstić information content (AvgIpc) is 2.94. The Hall–Kier alpha value is -1.29. The van der Waals surface area contributed by atoms with Gasteiger partial charge in [-0.3, -0.25) is 5.10 Å². The molecule has 9 heteroatoms. The summed E-state index contributed by atoms with van der Waals surface area (Å²) in [5.41, 5.74) is 7.20. The topological polar surface area (TPSA) is 114 Å². The first-order chi connectivity index (χ1) is 9.35. The number of thiazole rings is 1. The van der Waals surface area contributed by atoms with E-state index in [0.717, 1.165) is 10.7 Å². The number of H-pyrrole nitrogens is 1. The molecule has 7 nitrogen and oxygen atoms in total. The fourth-order valence-electron chi connectivity index (χ4n) is 1.88. The molecule has 0 aromatic carbocycles. The molecular weight excluding hydrogens is 298 g/mol. The molecule has 1 unspecified atom stereocenters. The molecule has 0 spiro atoms. The molecule has 1 atom stereocenters.